The highest BCUT2D eigenvalue weighted by molar-refractivity contribution is 4.84. The second-order valence-electron chi connectivity index (χ2n) is 15.5. The predicted octanol–water partition coefficient (Wildman–Crippen LogP) is 15.4. The van der Waals surface area contributed by atoms with Crippen molar-refractivity contribution in [3.8, 4) is 0 Å². The number of aryl methyl sites for hydroxylation is 2. The van der Waals surface area contributed by atoms with Gasteiger partial charge in [0.15, 0.2) is 0 Å². The zero-order valence-electron chi connectivity index (χ0n) is 33.1. The number of aromatic nitrogens is 2. The van der Waals surface area contributed by atoms with E-state index in [0.717, 1.165) is 0 Å². The molecule has 0 N–H and O–H groups in total. The summed E-state index contributed by atoms with van der Waals surface area (Å²) in [6.45, 7) is 9.41. The molecule has 1 aromatic rings. The molecule has 0 aromatic carbocycles. The Morgan fingerprint density at radius 3 is 1.02 bits per heavy atom. The predicted molar refractivity (Wildman–Crippen MR) is 212 cm³/mol. The van der Waals surface area contributed by atoms with Crippen LogP contribution in [0.3, 0.4) is 0 Å². The summed E-state index contributed by atoms with van der Waals surface area (Å²) < 4.78 is 5.28. The molecule has 47 heavy (non-hydrogen) atoms. The highest BCUT2D eigenvalue weighted by Crippen LogP contribution is 2.16. The van der Waals surface area contributed by atoms with Crippen LogP contribution in [-0.4, -0.2) is 4.57 Å². The van der Waals surface area contributed by atoms with E-state index < -0.39 is 0 Å². The van der Waals surface area contributed by atoms with E-state index in [0.29, 0.717) is 0 Å². The fourth-order valence-electron chi connectivity index (χ4n) is 7.56. The summed E-state index contributed by atoms with van der Waals surface area (Å²) in [7, 11) is 0. The van der Waals surface area contributed by atoms with E-state index >= 15 is 0 Å². The van der Waals surface area contributed by atoms with Gasteiger partial charge < -0.3 is 0 Å². The first-order chi connectivity index (χ1) is 23.3. The molecule has 278 valence electrons. The summed E-state index contributed by atoms with van der Waals surface area (Å²) in [5, 5.41) is 0. The van der Waals surface area contributed by atoms with Gasteiger partial charge in [-0.1, -0.05) is 220 Å². The Morgan fingerprint density at radius 1 is 0.362 bits per heavy atom. The van der Waals surface area contributed by atoms with Gasteiger partial charge in [0.05, 0.1) is 13.1 Å². The third kappa shape index (κ3) is 28.7. The minimum Gasteiger partial charge on any atom is -0.234 e. The summed E-state index contributed by atoms with van der Waals surface area (Å²) in [6, 6.07) is 0. The topological polar surface area (TPSA) is 8.81 Å². The molecule has 0 aliphatic rings. The van der Waals surface area contributed by atoms with Gasteiger partial charge in [0.2, 0.25) is 0 Å². The standard InChI is InChI=1S/C45H89N2/c1-4-7-10-13-16-18-20-22-24-25-27-29-31-34-37-40-45-46(41-38-35-32-15-12-9-6-3)43-44-47(45)42-39-36-33-30-28-26-23-21-19-17-14-11-8-5-2/h43-44H,4-42H2,1-3H3/q+1. The third-order valence-corrected chi connectivity index (χ3v) is 10.8. The first-order valence-corrected chi connectivity index (χ1v) is 22.4. The number of hydrogen-bond acceptors (Lipinski definition) is 0. The number of imidazole rings is 1. The van der Waals surface area contributed by atoms with Crippen molar-refractivity contribution < 1.29 is 4.57 Å². The number of rotatable bonds is 39. The normalized spacial score (nSPS) is 11.6. The molecule has 0 saturated heterocycles. The lowest BCUT2D eigenvalue weighted by Crippen LogP contribution is -2.37. The van der Waals surface area contributed by atoms with Crippen LogP contribution in [0.4, 0.5) is 0 Å². The molecular formula is C45H89N2+. The summed E-state index contributed by atoms with van der Waals surface area (Å²) in [6.07, 6.45) is 57.8. The molecule has 0 radical (unpaired) electrons. The van der Waals surface area contributed by atoms with Gasteiger partial charge >= 0.3 is 0 Å². The zero-order chi connectivity index (χ0) is 33.7. The molecule has 1 heterocycles. The first kappa shape index (κ1) is 44.2. The lowest BCUT2D eigenvalue weighted by atomic mass is 10.0. The molecule has 0 aliphatic heterocycles. The van der Waals surface area contributed by atoms with Gasteiger partial charge in [0.25, 0.3) is 5.82 Å². The van der Waals surface area contributed by atoms with E-state index in [9.17, 15) is 0 Å². The van der Waals surface area contributed by atoms with Crippen LogP contribution in [0.25, 0.3) is 0 Å². The Hall–Kier alpha value is -0.790. The number of hydrogen-bond donors (Lipinski definition) is 0. The molecule has 1 rings (SSSR count). The lowest BCUT2D eigenvalue weighted by molar-refractivity contribution is -0.704. The molecule has 1 aromatic heterocycles. The maximum absolute atomic E-state index is 2.64. The van der Waals surface area contributed by atoms with Crippen LogP contribution >= 0.6 is 0 Å². The van der Waals surface area contributed by atoms with Gasteiger partial charge in [0.1, 0.15) is 12.4 Å². The smallest absolute Gasteiger partial charge is 0.234 e. The molecule has 0 bridgehead atoms. The van der Waals surface area contributed by atoms with Crippen LogP contribution in [0, 0.1) is 0 Å². The molecule has 0 unspecified atom stereocenters. The quantitative estimate of drug-likeness (QED) is 0.0492. The molecule has 0 atom stereocenters. The van der Waals surface area contributed by atoms with Crippen molar-refractivity contribution in [2.24, 2.45) is 0 Å². The average molecular weight is 658 g/mol. The van der Waals surface area contributed by atoms with Gasteiger partial charge in [-0.3, -0.25) is 0 Å². The molecular weight excluding hydrogens is 569 g/mol. The van der Waals surface area contributed by atoms with Crippen molar-refractivity contribution >= 4 is 0 Å². The van der Waals surface area contributed by atoms with Crippen molar-refractivity contribution in [3.63, 3.8) is 0 Å². The monoisotopic (exact) mass is 658 g/mol. The van der Waals surface area contributed by atoms with Crippen LogP contribution < -0.4 is 4.57 Å². The van der Waals surface area contributed by atoms with Crippen LogP contribution in [0.2, 0.25) is 0 Å². The lowest BCUT2D eigenvalue weighted by Gasteiger charge is -2.07. The van der Waals surface area contributed by atoms with Gasteiger partial charge in [-0.2, -0.15) is 0 Å². The van der Waals surface area contributed by atoms with E-state index in [1.165, 1.54) is 251 Å². The Labute approximate surface area is 298 Å². The zero-order valence-corrected chi connectivity index (χ0v) is 33.1. The second-order valence-corrected chi connectivity index (χ2v) is 15.5. The molecule has 0 aliphatic carbocycles. The van der Waals surface area contributed by atoms with Gasteiger partial charge in [-0.15, -0.1) is 0 Å². The summed E-state index contributed by atoms with van der Waals surface area (Å²) in [5.41, 5.74) is 0. The maximum Gasteiger partial charge on any atom is 0.256 e. The van der Waals surface area contributed by atoms with E-state index in [1.807, 2.05) is 0 Å². The largest absolute Gasteiger partial charge is 0.256 e. The number of nitrogens with zero attached hydrogens (tertiary/aromatic N) is 2. The van der Waals surface area contributed by atoms with Crippen molar-refractivity contribution in [3.05, 3.63) is 18.2 Å². The van der Waals surface area contributed by atoms with E-state index in [1.54, 1.807) is 5.82 Å². The van der Waals surface area contributed by atoms with Crippen molar-refractivity contribution in [2.45, 2.75) is 271 Å². The summed E-state index contributed by atoms with van der Waals surface area (Å²) in [4.78, 5) is 0. The molecule has 0 spiro atoms. The van der Waals surface area contributed by atoms with E-state index in [4.69, 9.17) is 0 Å². The molecule has 2 nitrogen and oxygen atoms in total. The van der Waals surface area contributed by atoms with Crippen LogP contribution in [0.1, 0.15) is 258 Å². The average Bonchev–Trinajstić information content (AvgIpc) is 3.47. The van der Waals surface area contributed by atoms with Crippen LogP contribution in [0.5, 0.6) is 0 Å². The van der Waals surface area contributed by atoms with Crippen molar-refractivity contribution in [1.82, 2.24) is 4.57 Å². The molecule has 0 fully saturated rings. The Bertz CT molecular complexity index is 722. The fraction of sp³-hybridized carbons (Fsp3) is 0.933. The highest BCUT2D eigenvalue weighted by Gasteiger charge is 2.16. The fourth-order valence-corrected chi connectivity index (χ4v) is 7.56. The van der Waals surface area contributed by atoms with Gasteiger partial charge in [0, 0.05) is 6.42 Å². The minimum absolute atomic E-state index is 1.23. The van der Waals surface area contributed by atoms with Crippen LogP contribution in [-0.2, 0) is 19.5 Å². The molecule has 2 heteroatoms. The second kappa shape index (κ2) is 36.5. The van der Waals surface area contributed by atoms with Crippen molar-refractivity contribution in [2.75, 3.05) is 0 Å². The minimum atomic E-state index is 1.23. The SMILES string of the molecule is CCCCCCCCCCCCCCCCCc1n(CCCCCCCCCCCCCCCC)cc[n+]1CCCCCCCCC. The first-order valence-electron chi connectivity index (χ1n) is 22.4. The Morgan fingerprint density at radius 2 is 0.660 bits per heavy atom. The molecule has 0 amide bonds. The summed E-state index contributed by atoms with van der Waals surface area (Å²) >= 11 is 0. The van der Waals surface area contributed by atoms with Crippen LogP contribution in [0.15, 0.2) is 12.4 Å². The van der Waals surface area contributed by atoms with Gasteiger partial charge in [-0.05, 0) is 32.1 Å². The number of unbranched alkanes of at least 4 members (excludes halogenated alkanes) is 33. The molecule has 0 saturated carbocycles. The highest BCUT2D eigenvalue weighted by atomic mass is 15.1. The Kier molecular flexibility index (Phi) is 34.3. The van der Waals surface area contributed by atoms with Gasteiger partial charge in [-0.25, -0.2) is 9.13 Å². The van der Waals surface area contributed by atoms with E-state index in [-0.39, 0.29) is 0 Å². The third-order valence-electron chi connectivity index (χ3n) is 10.8. The van der Waals surface area contributed by atoms with E-state index in [2.05, 4.69) is 42.3 Å². The maximum atomic E-state index is 2.64. The van der Waals surface area contributed by atoms with Crippen molar-refractivity contribution in [1.29, 1.82) is 0 Å². The Balaban J connectivity index is 2.22. The summed E-state index contributed by atoms with van der Waals surface area (Å²) in [5.74, 6) is 1.63.